The van der Waals surface area contributed by atoms with Crippen LogP contribution >= 0.6 is 0 Å². The van der Waals surface area contributed by atoms with E-state index < -0.39 is 46.6 Å². The van der Waals surface area contributed by atoms with Gasteiger partial charge in [0, 0.05) is 22.3 Å². The van der Waals surface area contributed by atoms with Crippen molar-refractivity contribution in [1.82, 2.24) is 0 Å². The van der Waals surface area contributed by atoms with Gasteiger partial charge >= 0.3 is 11.9 Å². The van der Waals surface area contributed by atoms with Crippen LogP contribution in [-0.2, 0) is 19.3 Å². The highest BCUT2D eigenvalue weighted by Crippen LogP contribution is 2.44. The number of ether oxygens (including phenoxy) is 2. The van der Waals surface area contributed by atoms with Gasteiger partial charge in [-0.3, -0.25) is 9.59 Å². The zero-order chi connectivity index (χ0) is 27.6. The number of rotatable bonds is 8. The van der Waals surface area contributed by atoms with Gasteiger partial charge in [0.1, 0.15) is 0 Å². The predicted octanol–water partition coefficient (Wildman–Crippen LogP) is 4.58. The van der Waals surface area contributed by atoms with Crippen LogP contribution in [0.25, 0.3) is 11.1 Å². The van der Waals surface area contributed by atoms with Crippen molar-refractivity contribution >= 4 is 33.3 Å². The molecule has 194 valence electrons. The molecule has 9 heteroatoms. The number of fused-ring (bicyclic) bond motifs is 3. The minimum atomic E-state index is -4.07. The lowest BCUT2D eigenvalue weighted by Crippen LogP contribution is -2.14. The average Bonchev–Trinajstić information content (AvgIpc) is 3.20. The van der Waals surface area contributed by atoms with E-state index in [-0.39, 0.29) is 20.9 Å². The molecule has 0 saturated carbocycles. The summed E-state index contributed by atoms with van der Waals surface area (Å²) in [6.07, 6.45) is 0. The molecule has 1 aliphatic heterocycles. The Morgan fingerprint density at radius 1 is 0.513 bits per heavy atom. The molecule has 1 aliphatic rings. The molecule has 0 unspecified atom stereocenters. The molecule has 0 fully saturated rings. The number of Topliss-reactive ketones (excluding diaryl/α,β-unsaturated/α-hetero) is 2. The molecule has 0 radical (unpaired) electrons. The van der Waals surface area contributed by atoms with Crippen LogP contribution in [0.3, 0.4) is 0 Å². The Labute approximate surface area is 223 Å². The first kappa shape index (κ1) is 25.7. The van der Waals surface area contributed by atoms with Gasteiger partial charge in [-0.1, -0.05) is 72.8 Å². The number of sulfone groups is 1. The molecular weight excluding hydrogens is 520 g/mol. The molecule has 0 aromatic heterocycles. The number of carbonyl (C=O) groups excluding carboxylic acids is 4. The Balaban J connectivity index is 1.31. The van der Waals surface area contributed by atoms with Crippen LogP contribution in [-0.4, -0.2) is 45.1 Å². The van der Waals surface area contributed by atoms with Gasteiger partial charge in [0.15, 0.2) is 24.8 Å². The molecule has 1 heterocycles. The zero-order valence-electron chi connectivity index (χ0n) is 20.3. The standard InChI is InChI=1S/C30H20O8S/c31-25(19-7-3-1-4-8-19)17-37-29(33)21-11-13-23-24-14-12-22(16-28(24)39(35,36)27(23)15-21)30(34)38-18-26(32)20-9-5-2-6-10-20/h1-16H,17-18H2. The average molecular weight is 541 g/mol. The summed E-state index contributed by atoms with van der Waals surface area (Å²) in [7, 11) is -4.07. The monoisotopic (exact) mass is 540 g/mol. The van der Waals surface area contributed by atoms with Crippen LogP contribution in [0.2, 0.25) is 0 Å². The van der Waals surface area contributed by atoms with Crippen molar-refractivity contribution in [2.75, 3.05) is 13.2 Å². The van der Waals surface area contributed by atoms with Crippen molar-refractivity contribution in [3.05, 3.63) is 119 Å². The van der Waals surface area contributed by atoms with Crippen LogP contribution in [0.15, 0.2) is 107 Å². The Morgan fingerprint density at radius 3 is 1.28 bits per heavy atom. The second-order valence-corrected chi connectivity index (χ2v) is 10.5. The van der Waals surface area contributed by atoms with Gasteiger partial charge < -0.3 is 9.47 Å². The minimum Gasteiger partial charge on any atom is -0.454 e. The van der Waals surface area contributed by atoms with Gasteiger partial charge in [0.2, 0.25) is 9.84 Å². The highest BCUT2D eigenvalue weighted by molar-refractivity contribution is 7.92. The van der Waals surface area contributed by atoms with Gasteiger partial charge in [-0.15, -0.1) is 0 Å². The van der Waals surface area contributed by atoms with E-state index in [1.807, 2.05) is 0 Å². The highest BCUT2D eigenvalue weighted by Gasteiger charge is 2.34. The fraction of sp³-hybridized carbons (Fsp3) is 0.0667. The van der Waals surface area contributed by atoms with E-state index in [2.05, 4.69) is 0 Å². The summed E-state index contributed by atoms with van der Waals surface area (Å²) in [4.78, 5) is 49.4. The number of benzene rings is 4. The molecule has 4 aromatic carbocycles. The van der Waals surface area contributed by atoms with Gasteiger partial charge in [0.25, 0.3) is 0 Å². The largest absolute Gasteiger partial charge is 0.454 e. The Bertz CT molecular complexity index is 1600. The van der Waals surface area contributed by atoms with Crippen molar-refractivity contribution in [2.45, 2.75) is 9.79 Å². The smallest absolute Gasteiger partial charge is 0.338 e. The Kier molecular flexibility index (Phi) is 6.91. The summed E-state index contributed by atoms with van der Waals surface area (Å²) in [6, 6.07) is 24.8. The van der Waals surface area contributed by atoms with Gasteiger partial charge in [0.05, 0.1) is 20.9 Å². The number of hydrogen-bond donors (Lipinski definition) is 0. The van der Waals surface area contributed by atoms with E-state index in [4.69, 9.17) is 9.47 Å². The Morgan fingerprint density at radius 2 is 0.897 bits per heavy atom. The maximum Gasteiger partial charge on any atom is 0.338 e. The maximum absolute atomic E-state index is 13.3. The van der Waals surface area contributed by atoms with Crippen LogP contribution in [0.1, 0.15) is 41.4 Å². The lowest BCUT2D eigenvalue weighted by atomic mass is 10.0. The van der Waals surface area contributed by atoms with E-state index in [1.54, 1.807) is 60.7 Å². The second-order valence-electron chi connectivity index (χ2n) is 8.66. The first-order chi connectivity index (χ1) is 18.8. The molecule has 4 aromatic rings. The van der Waals surface area contributed by atoms with Crippen molar-refractivity contribution in [3.63, 3.8) is 0 Å². The van der Waals surface area contributed by atoms with Crippen molar-refractivity contribution in [1.29, 1.82) is 0 Å². The predicted molar refractivity (Wildman–Crippen MR) is 139 cm³/mol. The van der Waals surface area contributed by atoms with Gasteiger partial charge in [-0.25, -0.2) is 18.0 Å². The molecule has 0 bridgehead atoms. The lowest BCUT2D eigenvalue weighted by molar-refractivity contribution is 0.0472. The summed E-state index contributed by atoms with van der Waals surface area (Å²) in [5.41, 5.74) is 1.42. The lowest BCUT2D eigenvalue weighted by Gasteiger charge is -2.06. The Hall–Kier alpha value is -4.89. The maximum atomic E-state index is 13.3. The minimum absolute atomic E-state index is 0.0370. The second kappa shape index (κ2) is 10.5. The van der Waals surface area contributed by atoms with E-state index in [0.29, 0.717) is 22.3 Å². The third kappa shape index (κ3) is 5.12. The fourth-order valence-electron chi connectivity index (χ4n) is 4.15. The van der Waals surface area contributed by atoms with E-state index >= 15 is 0 Å². The molecule has 0 spiro atoms. The molecule has 0 amide bonds. The molecular formula is C30H20O8S. The van der Waals surface area contributed by atoms with Crippen molar-refractivity contribution in [2.24, 2.45) is 0 Å². The van der Waals surface area contributed by atoms with Crippen molar-refractivity contribution < 1.29 is 37.1 Å². The number of ketones is 2. The molecule has 5 rings (SSSR count). The van der Waals surface area contributed by atoms with Gasteiger partial charge in [-0.05, 0) is 24.3 Å². The molecule has 39 heavy (non-hydrogen) atoms. The SMILES string of the molecule is O=C(COC(=O)c1ccc2c(c1)S(=O)(=O)c1cc(C(=O)OCC(=O)c3ccccc3)ccc1-2)c1ccccc1. The van der Waals surface area contributed by atoms with Crippen molar-refractivity contribution in [3.8, 4) is 11.1 Å². The van der Waals surface area contributed by atoms with E-state index in [0.717, 1.165) is 0 Å². The number of carbonyl (C=O) groups is 4. The topological polar surface area (TPSA) is 121 Å². The summed E-state index contributed by atoms with van der Waals surface area (Å²) in [6.45, 7) is -0.990. The summed E-state index contributed by atoms with van der Waals surface area (Å²) >= 11 is 0. The third-order valence-electron chi connectivity index (χ3n) is 6.16. The molecule has 0 atom stereocenters. The fourth-order valence-corrected chi connectivity index (χ4v) is 5.89. The summed E-state index contributed by atoms with van der Waals surface area (Å²) in [5.74, 6) is -2.48. The normalized spacial score (nSPS) is 12.6. The molecule has 0 saturated heterocycles. The first-order valence-electron chi connectivity index (χ1n) is 11.8. The van der Waals surface area contributed by atoms with Crippen LogP contribution in [0, 0.1) is 0 Å². The zero-order valence-corrected chi connectivity index (χ0v) is 21.1. The van der Waals surface area contributed by atoms with Crippen LogP contribution < -0.4 is 0 Å². The number of hydrogen-bond acceptors (Lipinski definition) is 8. The summed E-state index contributed by atoms with van der Waals surface area (Å²) < 4.78 is 36.8. The quantitative estimate of drug-likeness (QED) is 0.207. The van der Waals surface area contributed by atoms with E-state index in [1.165, 1.54) is 36.4 Å². The van der Waals surface area contributed by atoms with E-state index in [9.17, 15) is 27.6 Å². The molecule has 0 aliphatic carbocycles. The highest BCUT2D eigenvalue weighted by atomic mass is 32.2. The molecule has 0 N–H and O–H groups in total. The first-order valence-corrected chi connectivity index (χ1v) is 13.3. The molecule has 8 nitrogen and oxygen atoms in total. The van der Waals surface area contributed by atoms with Crippen LogP contribution in [0.5, 0.6) is 0 Å². The summed E-state index contributed by atoms with van der Waals surface area (Å²) in [5, 5.41) is 0. The van der Waals surface area contributed by atoms with Gasteiger partial charge in [-0.2, -0.15) is 0 Å². The van der Waals surface area contributed by atoms with Crippen LogP contribution in [0.4, 0.5) is 0 Å². The number of esters is 2. The third-order valence-corrected chi connectivity index (χ3v) is 8.00.